The van der Waals surface area contributed by atoms with Gasteiger partial charge in [-0.15, -0.1) is 0 Å². The zero-order chi connectivity index (χ0) is 8.85. The van der Waals surface area contributed by atoms with E-state index in [-0.39, 0.29) is 0 Å². The molecule has 0 aliphatic heterocycles. The first-order valence-corrected chi connectivity index (χ1v) is 3.83. The Morgan fingerprint density at radius 3 is 2.18 bits per heavy atom. The average Bonchev–Trinajstić information content (AvgIpc) is 2.05. The van der Waals surface area contributed by atoms with Crippen molar-refractivity contribution in [3.63, 3.8) is 0 Å². The van der Waals surface area contributed by atoms with Gasteiger partial charge in [0.1, 0.15) is 0 Å². The van der Waals surface area contributed by atoms with Crippen LogP contribution in [0.3, 0.4) is 0 Å². The Morgan fingerprint density at radius 1 is 1.36 bits per heavy atom. The second-order valence-electron chi connectivity index (χ2n) is 2.38. The molecule has 0 aromatic carbocycles. The summed E-state index contributed by atoms with van der Waals surface area (Å²) in [4.78, 5) is 0. The van der Waals surface area contributed by atoms with Crippen LogP contribution in [0.15, 0.2) is 48.6 Å². The van der Waals surface area contributed by atoms with Gasteiger partial charge >= 0.3 is 0 Å². The van der Waals surface area contributed by atoms with E-state index in [1.807, 2.05) is 6.92 Å². The van der Waals surface area contributed by atoms with Crippen LogP contribution in [0.2, 0.25) is 0 Å². The normalized spacial score (nSPS) is 10.9. The Kier molecular flexibility index (Phi) is 4.28. The molecule has 11 heavy (non-hydrogen) atoms. The molecular weight excluding hydrogens is 132 g/mol. The first-order valence-electron chi connectivity index (χ1n) is 3.83. The van der Waals surface area contributed by atoms with Gasteiger partial charge in [-0.3, -0.25) is 0 Å². The number of rotatable bonds is 4. The summed E-state index contributed by atoms with van der Waals surface area (Å²) < 4.78 is 0. The lowest BCUT2D eigenvalue weighted by Crippen LogP contribution is -1.87. The summed E-state index contributed by atoms with van der Waals surface area (Å²) in [5, 5.41) is 0. The van der Waals surface area contributed by atoms with E-state index in [0.29, 0.717) is 0 Å². The van der Waals surface area contributed by atoms with Gasteiger partial charge in [0, 0.05) is 0 Å². The van der Waals surface area contributed by atoms with E-state index in [1.165, 1.54) is 5.57 Å². The molecule has 0 aliphatic rings. The maximum Gasteiger partial charge on any atom is -0.0233 e. The summed E-state index contributed by atoms with van der Waals surface area (Å²) in [7, 11) is 0. The molecule has 0 bridgehead atoms. The highest BCUT2D eigenvalue weighted by atomic mass is 14.0. The molecule has 0 saturated heterocycles. The Labute approximate surface area is 69.6 Å². The monoisotopic (exact) mass is 148 g/mol. The Morgan fingerprint density at radius 2 is 1.91 bits per heavy atom. The van der Waals surface area contributed by atoms with Gasteiger partial charge in [0.15, 0.2) is 0 Å². The Balaban J connectivity index is 4.47. The molecule has 0 unspecified atom stereocenters. The molecule has 0 heterocycles. The van der Waals surface area contributed by atoms with Crippen LogP contribution in [0, 0.1) is 0 Å². The van der Waals surface area contributed by atoms with Crippen LogP contribution >= 0.6 is 0 Å². The predicted molar refractivity (Wildman–Crippen MR) is 52.5 cm³/mol. The third kappa shape index (κ3) is 2.58. The van der Waals surface area contributed by atoms with E-state index in [2.05, 4.69) is 32.7 Å². The van der Waals surface area contributed by atoms with Crippen LogP contribution in [0.5, 0.6) is 0 Å². The van der Waals surface area contributed by atoms with Crippen molar-refractivity contribution in [1.29, 1.82) is 0 Å². The molecule has 0 heteroatoms. The highest BCUT2D eigenvalue weighted by molar-refractivity contribution is 5.47. The quantitative estimate of drug-likeness (QED) is 0.534. The third-order valence-corrected chi connectivity index (χ3v) is 1.75. The molecule has 0 N–H and O–H groups in total. The zero-order valence-electron chi connectivity index (χ0n) is 7.48. The van der Waals surface area contributed by atoms with E-state index < -0.39 is 0 Å². The van der Waals surface area contributed by atoms with Crippen molar-refractivity contribution >= 4 is 0 Å². The average molecular weight is 148 g/mol. The molecule has 0 radical (unpaired) electrons. The van der Waals surface area contributed by atoms with E-state index in [0.717, 1.165) is 17.6 Å². The van der Waals surface area contributed by atoms with Gasteiger partial charge in [-0.1, -0.05) is 38.8 Å². The summed E-state index contributed by atoms with van der Waals surface area (Å²) >= 11 is 0. The largest absolute Gasteiger partial charge is 0.0985 e. The molecule has 0 aromatic heterocycles. The first kappa shape index (κ1) is 9.96. The Bertz CT molecular complexity index is 204. The first-order chi connectivity index (χ1) is 5.17. The molecule has 0 aromatic rings. The standard InChI is InChI=1S/C11H16/c1-6-9(4)10(5)11(7-2)8-3/h6-7H,1,4-5,8H2,2-3H3. The molecule has 0 aliphatic carbocycles. The summed E-state index contributed by atoms with van der Waals surface area (Å²) in [6, 6.07) is 0. The van der Waals surface area contributed by atoms with E-state index >= 15 is 0 Å². The molecule has 0 saturated carbocycles. The van der Waals surface area contributed by atoms with Crippen LogP contribution in [-0.4, -0.2) is 0 Å². The van der Waals surface area contributed by atoms with Crippen molar-refractivity contribution in [1.82, 2.24) is 0 Å². The minimum absolute atomic E-state index is 0.917. The second-order valence-corrected chi connectivity index (χ2v) is 2.38. The lowest BCUT2D eigenvalue weighted by Gasteiger charge is -2.07. The Hall–Kier alpha value is -1.04. The molecule has 60 valence electrons. The van der Waals surface area contributed by atoms with Gasteiger partial charge in [0.25, 0.3) is 0 Å². The van der Waals surface area contributed by atoms with Crippen molar-refractivity contribution in [2.24, 2.45) is 0 Å². The summed E-state index contributed by atoms with van der Waals surface area (Å²) in [5.74, 6) is 0. The van der Waals surface area contributed by atoms with Gasteiger partial charge in [-0.25, -0.2) is 0 Å². The van der Waals surface area contributed by atoms with E-state index in [1.54, 1.807) is 6.08 Å². The number of hydrogen-bond acceptors (Lipinski definition) is 0. The van der Waals surface area contributed by atoms with Crippen molar-refractivity contribution < 1.29 is 0 Å². The number of allylic oxidation sites excluding steroid dienone is 5. The maximum atomic E-state index is 3.93. The van der Waals surface area contributed by atoms with Gasteiger partial charge < -0.3 is 0 Å². The van der Waals surface area contributed by atoms with Crippen LogP contribution in [0.1, 0.15) is 20.3 Å². The predicted octanol–water partition coefficient (Wildman–Crippen LogP) is 3.64. The molecule has 0 spiro atoms. The maximum absolute atomic E-state index is 3.93. The fourth-order valence-electron chi connectivity index (χ4n) is 0.921. The van der Waals surface area contributed by atoms with Crippen molar-refractivity contribution in [2.75, 3.05) is 0 Å². The SMILES string of the molecule is C=CC(=C)C(=C)C(=CC)CC. The fraction of sp³-hybridized carbons (Fsp3) is 0.273. The minimum atomic E-state index is 0.917. The second kappa shape index (κ2) is 4.73. The molecule has 0 atom stereocenters. The van der Waals surface area contributed by atoms with Crippen LogP contribution in [-0.2, 0) is 0 Å². The van der Waals surface area contributed by atoms with Crippen molar-refractivity contribution in [2.45, 2.75) is 20.3 Å². The lowest BCUT2D eigenvalue weighted by molar-refractivity contribution is 1.11. The van der Waals surface area contributed by atoms with Crippen molar-refractivity contribution in [3.8, 4) is 0 Å². The van der Waals surface area contributed by atoms with Gasteiger partial charge in [0.05, 0.1) is 0 Å². The topological polar surface area (TPSA) is 0 Å². The lowest BCUT2D eigenvalue weighted by atomic mass is 9.99. The van der Waals surface area contributed by atoms with E-state index in [4.69, 9.17) is 0 Å². The van der Waals surface area contributed by atoms with Gasteiger partial charge in [-0.05, 0) is 30.1 Å². The van der Waals surface area contributed by atoms with Crippen LogP contribution in [0.4, 0.5) is 0 Å². The summed E-state index contributed by atoms with van der Waals surface area (Å²) in [6.07, 6.45) is 4.81. The third-order valence-electron chi connectivity index (χ3n) is 1.75. The molecular formula is C11H16. The summed E-state index contributed by atoms with van der Waals surface area (Å²) in [5.41, 5.74) is 3.17. The highest BCUT2D eigenvalue weighted by Crippen LogP contribution is 2.18. The highest BCUT2D eigenvalue weighted by Gasteiger charge is 1.99. The van der Waals surface area contributed by atoms with Crippen LogP contribution in [0.25, 0.3) is 0 Å². The molecule has 0 nitrogen and oxygen atoms in total. The summed E-state index contributed by atoms with van der Waals surface area (Å²) in [6.45, 7) is 15.5. The molecule has 0 fully saturated rings. The van der Waals surface area contributed by atoms with Crippen molar-refractivity contribution in [3.05, 3.63) is 48.6 Å². The number of hydrogen-bond donors (Lipinski definition) is 0. The van der Waals surface area contributed by atoms with E-state index in [9.17, 15) is 0 Å². The van der Waals surface area contributed by atoms with Gasteiger partial charge in [0.2, 0.25) is 0 Å². The smallest absolute Gasteiger partial charge is 0.0233 e. The molecule has 0 rings (SSSR count). The van der Waals surface area contributed by atoms with Crippen LogP contribution < -0.4 is 0 Å². The fourth-order valence-corrected chi connectivity index (χ4v) is 0.921. The minimum Gasteiger partial charge on any atom is -0.0985 e. The molecule has 0 amide bonds. The zero-order valence-corrected chi connectivity index (χ0v) is 7.48. The van der Waals surface area contributed by atoms with Gasteiger partial charge in [-0.2, -0.15) is 0 Å².